The predicted octanol–water partition coefficient (Wildman–Crippen LogP) is 7.57. The molecule has 0 fully saturated rings. The van der Waals surface area contributed by atoms with Gasteiger partial charge < -0.3 is 34.0 Å². The number of benzene rings is 5. The number of halogens is 1. The van der Waals surface area contributed by atoms with Crippen LogP contribution in [0.25, 0.3) is 44.2 Å². The maximum absolute atomic E-state index is 13.5. The molecule has 2 N–H and O–H groups in total. The van der Waals surface area contributed by atoms with E-state index in [9.17, 15) is 14.4 Å². The molecule has 0 unspecified atom stereocenters. The van der Waals surface area contributed by atoms with Crippen LogP contribution in [-0.2, 0) is 35.0 Å². The van der Waals surface area contributed by atoms with Crippen LogP contribution in [-0.4, -0.2) is 99.8 Å². The molecule has 0 saturated carbocycles. The Morgan fingerprint density at radius 3 is 2.11 bits per heavy atom. The Bertz CT molecular complexity index is 2790. The average molecular weight is 889 g/mol. The molecule has 0 bridgehead atoms. The number of aryl methyl sites for hydroxylation is 1. The minimum Gasteiger partial charge on any atom is -0.452 e. The van der Waals surface area contributed by atoms with Crippen LogP contribution in [0.5, 0.6) is 0 Å². The minimum atomic E-state index is -0.179. The van der Waals surface area contributed by atoms with Crippen LogP contribution in [0.2, 0.25) is 5.02 Å². The zero-order valence-electron chi connectivity index (χ0n) is 36.8. The maximum Gasteiger partial charge on any atom is 0.262 e. The van der Waals surface area contributed by atoms with Crippen molar-refractivity contribution in [2.24, 2.45) is 0 Å². The number of nitrogens with zero attached hydrogens (tertiary/aromatic N) is 3. The molecule has 0 saturated heterocycles. The second-order valence-corrected chi connectivity index (χ2v) is 15.8. The summed E-state index contributed by atoms with van der Waals surface area (Å²) in [7, 11) is 0. The average Bonchev–Trinajstić information content (AvgIpc) is 3.56. The number of ether oxygens (including phenoxy) is 4. The molecular weight excluding hydrogens is 834 g/mol. The first-order valence-electron chi connectivity index (χ1n) is 21.8. The first kappa shape index (κ1) is 46.0. The summed E-state index contributed by atoms with van der Waals surface area (Å²) < 4.78 is 32.8. The fraction of sp³-hybridized carbons (Fsp3) is 0.340. The second-order valence-electron chi connectivity index (χ2n) is 15.4. The summed E-state index contributed by atoms with van der Waals surface area (Å²) in [4.78, 5) is 44.5. The Morgan fingerprint density at radius 1 is 0.734 bits per heavy atom. The smallest absolute Gasteiger partial charge is 0.262 e. The van der Waals surface area contributed by atoms with E-state index in [4.69, 9.17) is 39.9 Å². The Hall–Kier alpha value is -5.96. The number of carbonyl (C=O) groups is 3. The third-order valence-electron chi connectivity index (χ3n) is 11.1. The number of rotatable bonds is 21. The molecule has 5 aromatic rings. The van der Waals surface area contributed by atoms with Gasteiger partial charge in [-0.1, -0.05) is 47.5 Å². The van der Waals surface area contributed by atoms with Gasteiger partial charge >= 0.3 is 0 Å². The Kier molecular flexibility index (Phi) is 15.9. The molecule has 0 radical (unpaired) electrons. The number of hydrogen-bond donors (Lipinski definition) is 2. The van der Waals surface area contributed by atoms with Gasteiger partial charge in [0.25, 0.3) is 5.91 Å². The van der Waals surface area contributed by atoms with E-state index in [0.717, 1.165) is 68.2 Å². The van der Waals surface area contributed by atoms with Crippen molar-refractivity contribution in [2.45, 2.75) is 40.5 Å². The van der Waals surface area contributed by atoms with Crippen molar-refractivity contribution < 1.29 is 37.7 Å². The monoisotopic (exact) mass is 888 g/mol. The lowest BCUT2D eigenvalue weighted by Gasteiger charge is -2.13. The molecule has 0 atom stereocenters. The van der Waals surface area contributed by atoms with Gasteiger partial charge in [0.05, 0.1) is 83.0 Å². The van der Waals surface area contributed by atoms with E-state index in [1.54, 1.807) is 28.8 Å². The van der Waals surface area contributed by atoms with E-state index in [1.165, 1.54) is 0 Å². The Morgan fingerprint density at radius 2 is 1.41 bits per heavy atom. The molecule has 2 heterocycles. The lowest BCUT2D eigenvalue weighted by molar-refractivity contribution is -0.120. The normalized spacial score (nSPS) is 11.5. The van der Waals surface area contributed by atoms with Crippen molar-refractivity contribution in [1.82, 2.24) is 19.4 Å². The molecule has 1 aliphatic heterocycles. The second kappa shape index (κ2) is 22.1. The Balaban J connectivity index is 0.760. The van der Waals surface area contributed by atoms with Gasteiger partial charge in [0.15, 0.2) is 11.3 Å². The summed E-state index contributed by atoms with van der Waals surface area (Å²) in [5, 5.41) is 10.2. The van der Waals surface area contributed by atoms with Gasteiger partial charge in [-0.05, 0) is 75.7 Å². The lowest BCUT2D eigenvalue weighted by Crippen LogP contribution is -2.29. The molecule has 334 valence electrons. The van der Waals surface area contributed by atoms with E-state index in [2.05, 4.69) is 35.1 Å². The third kappa shape index (κ3) is 11.2. The molecule has 2 aliphatic rings. The van der Waals surface area contributed by atoms with Crippen LogP contribution in [0.3, 0.4) is 0 Å². The number of hydrogen-bond acceptors (Lipinski definition) is 9. The highest BCUT2D eigenvalue weighted by Gasteiger charge is 2.22. The number of amides is 2. The molecule has 1 aliphatic carbocycles. The molecule has 7 rings (SSSR count). The molecule has 4 aromatic carbocycles. The van der Waals surface area contributed by atoms with Crippen LogP contribution >= 0.6 is 11.6 Å². The summed E-state index contributed by atoms with van der Waals surface area (Å²) in [5.41, 5.74) is 6.60. The van der Waals surface area contributed by atoms with Gasteiger partial charge in [0, 0.05) is 51.1 Å². The number of nitrogens with one attached hydrogen (secondary N) is 2. The summed E-state index contributed by atoms with van der Waals surface area (Å²) in [6, 6.07) is 28.4. The van der Waals surface area contributed by atoms with Crippen molar-refractivity contribution in [2.75, 3.05) is 77.8 Å². The fourth-order valence-electron chi connectivity index (χ4n) is 7.76. The number of anilines is 1. The van der Waals surface area contributed by atoms with E-state index in [1.807, 2.05) is 74.5 Å². The van der Waals surface area contributed by atoms with Crippen molar-refractivity contribution in [3.05, 3.63) is 124 Å². The lowest BCUT2D eigenvalue weighted by atomic mass is 10.1. The number of fused-ring (bicyclic) bond motifs is 5. The summed E-state index contributed by atoms with van der Waals surface area (Å²) in [6.45, 7) is 13.0. The fourth-order valence-corrected chi connectivity index (χ4v) is 7.89. The number of aromatic nitrogens is 2. The van der Waals surface area contributed by atoms with E-state index in [0.29, 0.717) is 80.4 Å². The van der Waals surface area contributed by atoms with Gasteiger partial charge in [0.2, 0.25) is 17.2 Å². The van der Waals surface area contributed by atoms with Crippen molar-refractivity contribution in [3.8, 4) is 11.5 Å². The summed E-state index contributed by atoms with van der Waals surface area (Å²) in [5.74, 6) is 0.177. The summed E-state index contributed by atoms with van der Waals surface area (Å²) >= 11 is 6.04. The van der Waals surface area contributed by atoms with Crippen LogP contribution in [0.1, 0.15) is 47.4 Å². The van der Waals surface area contributed by atoms with Crippen LogP contribution in [0.4, 0.5) is 5.69 Å². The topological polar surface area (TPSA) is 146 Å². The SMILES string of the molecule is CC[N+](CC)=c1ccc2nc3c(cc(NC(=O)CCOCCOCCOCCOCCNC(=O)Cc4c(C)n(C(=O)c5ccc(Cl)cc5)c5ccc(C)cc45)c4ccccc43)oc-2c1. The number of carbonyl (C=O) groups excluding carboxylic acids is 3. The standard InChI is InChI=1S/C50H54ClN5O8/c1-5-55(6-2)37-16-17-42-45(30-37)64-46-32-43(38-9-7-8-10-39(38)49(46)54-42)53-47(57)19-21-60-23-25-62-27-28-63-26-24-61-22-20-52-48(58)31-40-34(4)56(44-18-11-33(3)29-41(40)44)50(59)35-12-14-36(51)15-13-35/h7-18,29-30,32H,5-6,19-28,31H2,1-4H3,(H,52,58)/p+1. The minimum absolute atomic E-state index is 0.131. The van der Waals surface area contributed by atoms with Gasteiger partial charge in [0.1, 0.15) is 24.3 Å². The zero-order chi connectivity index (χ0) is 45.0. The van der Waals surface area contributed by atoms with E-state index >= 15 is 0 Å². The highest BCUT2D eigenvalue weighted by molar-refractivity contribution is 6.30. The van der Waals surface area contributed by atoms with E-state index < -0.39 is 0 Å². The molecular formula is C50H55ClN5O8+. The highest BCUT2D eigenvalue weighted by Crippen LogP contribution is 2.34. The molecule has 14 heteroatoms. The molecule has 13 nitrogen and oxygen atoms in total. The highest BCUT2D eigenvalue weighted by atomic mass is 35.5. The van der Waals surface area contributed by atoms with Gasteiger partial charge in [-0.2, -0.15) is 0 Å². The first-order valence-corrected chi connectivity index (χ1v) is 22.2. The zero-order valence-corrected chi connectivity index (χ0v) is 37.6. The van der Waals surface area contributed by atoms with Crippen LogP contribution in [0.15, 0.2) is 95.4 Å². The van der Waals surface area contributed by atoms with Crippen LogP contribution < -0.4 is 20.6 Å². The molecule has 64 heavy (non-hydrogen) atoms. The summed E-state index contributed by atoms with van der Waals surface area (Å²) in [6.07, 6.45) is 0.310. The van der Waals surface area contributed by atoms with E-state index in [-0.39, 0.29) is 37.2 Å². The molecule has 2 amide bonds. The quantitative estimate of drug-likeness (QED) is 0.0323. The van der Waals surface area contributed by atoms with Crippen LogP contribution in [0, 0.1) is 13.8 Å². The molecule has 1 aromatic heterocycles. The van der Waals surface area contributed by atoms with Crippen molar-refractivity contribution in [1.29, 1.82) is 0 Å². The predicted molar refractivity (Wildman–Crippen MR) is 250 cm³/mol. The van der Waals surface area contributed by atoms with Gasteiger partial charge in [-0.15, -0.1) is 0 Å². The van der Waals surface area contributed by atoms with Gasteiger partial charge in [-0.3, -0.25) is 19.0 Å². The van der Waals surface area contributed by atoms with Gasteiger partial charge in [-0.25, -0.2) is 9.56 Å². The molecule has 0 spiro atoms. The van der Waals surface area contributed by atoms with Crippen molar-refractivity contribution >= 4 is 67.8 Å². The van der Waals surface area contributed by atoms with Crippen molar-refractivity contribution in [3.63, 3.8) is 0 Å². The largest absolute Gasteiger partial charge is 0.452 e. The maximum atomic E-state index is 13.5. The Labute approximate surface area is 377 Å². The third-order valence-corrected chi connectivity index (χ3v) is 11.3. The first-order chi connectivity index (χ1) is 31.1.